The van der Waals surface area contributed by atoms with Crippen molar-refractivity contribution in [1.29, 1.82) is 0 Å². The first kappa shape index (κ1) is 9.27. The van der Waals surface area contributed by atoms with Gasteiger partial charge in [-0.2, -0.15) is 0 Å². The summed E-state index contributed by atoms with van der Waals surface area (Å²) in [5.74, 6) is 0.642. The van der Waals surface area contributed by atoms with Gasteiger partial charge in [0.05, 0.1) is 0 Å². The maximum Gasteiger partial charge on any atom is 0.179 e. The van der Waals surface area contributed by atoms with Gasteiger partial charge < -0.3 is 0 Å². The molecule has 0 aliphatic rings. The van der Waals surface area contributed by atoms with Crippen LogP contribution in [-0.2, 0) is 0 Å². The number of aromatic nitrogens is 3. The summed E-state index contributed by atoms with van der Waals surface area (Å²) in [4.78, 5) is 12.7. The average Bonchev–Trinajstić information content (AvgIpc) is 2.18. The molecule has 70 valence electrons. The van der Waals surface area contributed by atoms with Gasteiger partial charge in [-0.1, -0.05) is 6.07 Å². The second-order valence-electron chi connectivity index (χ2n) is 2.87. The van der Waals surface area contributed by atoms with Crippen LogP contribution >= 0.6 is 15.9 Å². The van der Waals surface area contributed by atoms with Crippen LogP contribution in [0.25, 0.3) is 11.5 Å². The predicted molar refractivity (Wildman–Crippen MR) is 57.7 cm³/mol. The van der Waals surface area contributed by atoms with Crippen molar-refractivity contribution in [3.63, 3.8) is 0 Å². The quantitative estimate of drug-likeness (QED) is 0.730. The lowest BCUT2D eigenvalue weighted by atomic mass is 10.3. The molecule has 0 amide bonds. The van der Waals surface area contributed by atoms with Crippen LogP contribution in [0.1, 0.15) is 5.69 Å². The van der Waals surface area contributed by atoms with E-state index in [9.17, 15) is 0 Å². The third kappa shape index (κ3) is 1.96. The van der Waals surface area contributed by atoms with Crippen LogP contribution in [0.15, 0.2) is 35.1 Å². The first-order valence-electron chi connectivity index (χ1n) is 4.18. The Morgan fingerprint density at radius 2 is 2.00 bits per heavy atom. The number of aryl methyl sites for hydroxylation is 1. The largest absolute Gasteiger partial charge is 0.250 e. The maximum absolute atomic E-state index is 4.34. The molecule has 2 heterocycles. The number of halogens is 1. The highest BCUT2D eigenvalue weighted by Gasteiger charge is 2.02. The lowest BCUT2D eigenvalue weighted by Gasteiger charge is -1.99. The highest BCUT2D eigenvalue weighted by atomic mass is 79.9. The predicted octanol–water partition coefficient (Wildman–Crippen LogP) is 2.61. The van der Waals surface area contributed by atoms with Crippen molar-refractivity contribution < 1.29 is 0 Å². The van der Waals surface area contributed by atoms with Gasteiger partial charge in [0.25, 0.3) is 0 Å². The minimum absolute atomic E-state index is 0.642. The molecule has 0 N–H and O–H groups in total. The van der Waals surface area contributed by atoms with Crippen molar-refractivity contribution in [3.05, 3.63) is 40.8 Å². The molecule has 2 rings (SSSR count). The zero-order chi connectivity index (χ0) is 9.97. The van der Waals surface area contributed by atoms with Crippen molar-refractivity contribution in [3.8, 4) is 11.5 Å². The van der Waals surface area contributed by atoms with Gasteiger partial charge in [-0.3, -0.25) is 0 Å². The van der Waals surface area contributed by atoms with Gasteiger partial charge in [-0.25, -0.2) is 15.0 Å². The van der Waals surface area contributed by atoms with Crippen molar-refractivity contribution in [1.82, 2.24) is 15.0 Å². The molecule has 0 spiro atoms. The molecule has 2 aromatic rings. The van der Waals surface area contributed by atoms with Crippen molar-refractivity contribution >= 4 is 15.9 Å². The number of hydrogen-bond acceptors (Lipinski definition) is 3. The third-order valence-electron chi connectivity index (χ3n) is 1.74. The lowest BCUT2D eigenvalue weighted by Crippen LogP contribution is -1.92. The minimum atomic E-state index is 0.642. The second kappa shape index (κ2) is 3.84. The van der Waals surface area contributed by atoms with Crippen molar-refractivity contribution in [2.45, 2.75) is 6.92 Å². The molecule has 0 aromatic carbocycles. The molecular formula is C10H8BrN3. The Bertz CT molecular complexity index is 413. The number of hydrogen-bond donors (Lipinski definition) is 0. The van der Waals surface area contributed by atoms with Gasteiger partial charge in [0, 0.05) is 11.9 Å². The third-order valence-corrected chi connectivity index (χ3v) is 2.18. The van der Waals surface area contributed by atoms with Crippen LogP contribution in [0.2, 0.25) is 0 Å². The van der Waals surface area contributed by atoms with Gasteiger partial charge in [-0.15, -0.1) is 0 Å². The van der Waals surface area contributed by atoms with Gasteiger partial charge in [-0.05, 0) is 41.1 Å². The van der Waals surface area contributed by atoms with Crippen molar-refractivity contribution in [2.24, 2.45) is 0 Å². The number of rotatable bonds is 1. The Balaban J connectivity index is 2.49. The molecule has 3 nitrogen and oxygen atoms in total. The van der Waals surface area contributed by atoms with E-state index in [2.05, 4.69) is 30.9 Å². The first-order chi connectivity index (χ1) is 6.75. The van der Waals surface area contributed by atoms with E-state index in [1.165, 1.54) is 0 Å². The van der Waals surface area contributed by atoms with E-state index in [4.69, 9.17) is 0 Å². The number of pyridine rings is 1. The fraction of sp³-hybridized carbons (Fsp3) is 0.100. The number of nitrogens with zero attached hydrogens (tertiary/aromatic N) is 3. The average molecular weight is 250 g/mol. The molecular weight excluding hydrogens is 242 g/mol. The van der Waals surface area contributed by atoms with Crippen molar-refractivity contribution in [2.75, 3.05) is 0 Å². The van der Waals surface area contributed by atoms with E-state index in [1.807, 2.05) is 25.1 Å². The molecule has 0 fully saturated rings. The molecule has 4 heteroatoms. The summed E-state index contributed by atoms with van der Waals surface area (Å²) in [6, 6.07) is 7.58. The van der Waals surface area contributed by atoms with Gasteiger partial charge >= 0.3 is 0 Å². The molecule has 0 aliphatic carbocycles. The standard InChI is InChI=1S/C10H8BrN3/c1-7-3-2-4-8(13-7)10-12-6-5-9(11)14-10/h2-6H,1H3. The summed E-state index contributed by atoms with van der Waals surface area (Å²) in [6.07, 6.45) is 1.70. The Morgan fingerprint density at radius 1 is 1.14 bits per heavy atom. The van der Waals surface area contributed by atoms with Crippen LogP contribution < -0.4 is 0 Å². The lowest BCUT2D eigenvalue weighted by molar-refractivity contribution is 1.10. The topological polar surface area (TPSA) is 38.7 Å². The summed E-state index contributed by atoms with van der Waals surface area (Å²) in [7, 11) is 0. The highest BCUT2D eigenvalue weighted by molar-refractivity contribution is 9.10. The van der Waals surface area contributed by atoms with Crippen LogP contribution in [0.5, 0.6) is 0 Å². The van der Waals surface area contributed by atoms with Crippen LogP contribution in [0.3, 0.4) is 0 Å². The van der Waals surface area contributed by atoms with E-state index < -0.39 is 0 Å². The van der Waals surface area contributed by atoms with Crippen LogP contribution in [-0.4, -0.2) is 15.0 Å². The molecule has 0 radical (unpaired) electrons. The summed E-state index contributed by atoms with van der Waals surface area (Å²) < 4.78 is 0.769. The molecule has 0 atom stereocenters. The Morgan fingerprint density at radius 3 is 2.71 bits per heavy atom. The molecule has 0 unspecified atom stereocenters. The monoisotopic (exact) mass is 249 g/mol. The summed E-state index contributed by atoms with van der Waals surface area (Å²) in [6.45, 7) is 1.95. The first-order valence-corrected chi connectivity index (χ1v) is 4.97. The maximum atomic E-state index is 4.34. The Labute approximate surface area is 90.4 Å². The summed E-state index contributed by atoms with van der Waals surface area (Å²) >= 11 is 3.30. The zero-order valence-corrected chi connectivity index (χ0v) is 9.19. The molecule has 0 aliphatic heterocycles. The Kier molecular flexibility index (Phi) is 2.54. The Hall–Kier alpha value is -1.29. The minimum Gasteiger partial charge on any atom is -0.250 e. The van der Waals surface area contributed by atoms with E-state index in [-0.39, 0.29) is 0 Å². The van der Waals surface area contributed by atoms with Gasteiger partial charge in [0.1, 0.15) is 10.3 Å². The zero-order valence-electron chi connectivity index (χ0n) is 7.61. The fourth-order valence-electron chi connectivity index (χ4n) is 1.13. The van der Waals surface area contributed by atoms with E-state index in [1.54, 1.807) is 12.3 Å². The van der Waals surface area contributed by atoms with E-state index in [0.29, 0.717) is 5.82 Å². The van der Waals surface area contributed by atoms with Gasteiger partial charge in [0.2, 0.25) is 0 Å². The SMILES string of the molecule is Cc1cccc(-c2nccc(Br)n2)n1. The van der Waals surface area contributed by atoms with E-state index in [0.717, 1.165) is 16.0 Å². The van der Waals surface area contributed by atoms with Crippen LogP contribution in [0.4, 0.5) is 0 Å². The van der Waals surface area contributed by atoms with Gasteiger partial charge in [0.15, 0.2) is 5.82 Å². The fourth-order valence-corrected chi connectivity index (χ4v) is 1.41. The molecule has 0 saturated carbocycles. The molecule has 2 aromatic heterocycles. The smallest absolute Gasteiger partial charge is 0.179 e. The summed E-state index contributed by atoms with van der Waals surface area (Å²) in [5.41, 5.74) is 1.76. The normalized spacial score (nSPS) is 10.1. The van der Waals surface area contributed by atoms with E-state index >= 15 is 0 Å². The van der Waals surface area contributed by atoms with Crippen LogP contribution in [0, 0.1) is 6.92 Å². The highest BCUT2D eigenvalue weighted by Crippen LogP contribution is 2.14. The summed E-state index contributed by atoms with van der Waals surface area (Å²) in [5, 5.41) is 0. The molecule has 14 heavy (non-hydrogen) atoms. The molecule has 0 bridgehead atoms. The second-order valence-corrected chi connectivity index (χ2v) is 3.68. The molecule has 0 saturated heterocycles.